The smallest absolute Gasteiger partial charge is 0.282 e. The van der Waals surface area contributed by atoms with E-state index in [-0.39, 0.29) is 0 Å². The number of aliphatic hydroxyl groups excluding tert-OH is 1. The third-order valence-electron chi connectivity index (χ3n) is 1.14. The molecule has 2 N–H and O–H groups in total. The zero-order valence-electron chi connectivity index (χ0n) is 6.32. The first-order chi connectivity index (χ1) is 5.12. The molecule has 0 aromatic carbocycles. The van der Waals surface area contributed by atoms with E-state index in [4.69, 9.17) is 5.11 Å². The lowest BCUT2D eigenvalue weighted by molar-refractivity contribution is -0.0473. The van der Waals surface area contributed by atoms with Crippen molar-refractivity contribution in [1.29, 1.82) is 0 Å². The van der Waals surface area contributed by atoms with Crippen molar-refractivity contribution in [3.8, 4) is 0 Å². The van der Waals surface area contributed by atoms with Crippen LogP contribution in [0.1, 0.15) is 6.42 Å². The van der Waals surface area contributed by atoms with Crippen molar-refractivity contribution in [2.45, 2.75) is 12.3 Å². The van der Waals surface area contributed by atoms with Gasteiger partial charge in [0.25, 0.3) is 5.92 Å². The maximum Gasteiger partial charge on any atom is 0.282 e. The highest BCUT2D eigenvalue weighted by atomic mass is 19.3. The van der Waals surface area contributed by atoms with Crippen molar-refractivity contribution in [2.24, 2.45) is 0 Å². The zero-order valence-corrected chi connectivity index (χ0v) is 6.32. The minimum absolute atomic E-state index is 0.471. The topological polar surface area (TPSA) is 32.3 Å². The van der Waals surface area contributed by atoms with Gasteiger partial charge in [0.1, 0.15) is 6.61 Å². The van der Waals surface area contributed by atoms with Gasteiger partial charge in [0.2, 0.25) is 0 Å². The Hall–Kier alpha value is -0.480. The largest absolute Gasteiger partial charge is 0.390 e. The first kappa shape index (κ1) is 10.5. The Labute approximate surface area is 64.9 Å². The van der Waals surface area contributed by atoms with Crippen LogP contribution in [0.3, 0.4) is 0 Å². The number of hydrogen-bond donors (Lipinski definition) is 2. The molecule has 0 heterocycles. The molecule has 0 saturated carbocycles. The maximum atomic E-state index is 12.2. The van der Waals surface area contributed by atoms with Crippen molar-refractivity contribution in [3.05, 3.63) is 12.7 Å². The normalized spacial score (nSPS) is 11.5. The minimum atomic E-state index is -3.00. The van der Waals surface area contributed by atoms with Crippen LogP contribution in [0.15, 0.2) is 12.7 Å². The van der Waals surface area contributed by atoms with Crippen molar-refractivity contribution in [3.63, 3.8) is 0 Å². The molecule has 0 saturated heterocycles. The number of alkyl halides is 2. The predicted octanol–water partition coefficient (Wildman–Crippen LogP) is 0.780. The van der Waals surface area contributed by atoms with Gasteiger partial charge in [-0.15, -0.1) is 6.58 Å². The summed E-state index contributed by atoms with van der Waals surface area (Å²) in [7, 11) is 0. The average Bonchev–Trinajstić information content (AvgIpc) is 1.99. The van der Waals surface area contributed by atoms with Crippen molar-refractivity contribution in [1.82, 2.24) is 5.32 Å². The second-order valence-electron chi connectivity index (χ2n) is 2.27. The third-order valence-corrected chi connectivity index (χ3v) is 1.14. The molecule has 0 radical (unpaired) electrons. The number of aliphatic hydroxyl groups is 1. The van der Waals surface area contributed by atoms with E-state index in [1.165, 1.54) is 0 Å². The van der Waals surface area contributed by atoms with E-state index in [1.807, 2.05) is 0 Å². The summed E-state index contributed by atoms with van der Waals surface area (Å²) in [5.41, 5.74) is 0. The van der Waals surface area contributed by atoms with Crippen molar-refractivity contribution < 1.29 is 13.9 Å². The van der Waals surface area contributed by atoms with Gasteiger partial charge in [-0.2, -0.15) is 0 Å². The summed E-state index contributed by atoms with van der Waals surface area (Å²) in [5, 5.41) is 10.6. The van der Waals surface area contributed by atoms with Gasteiger partial charge >= 0.3 is 0 Å². The van der Waals surface area contributed by atoms with Gasteiger partial charge < -0.3 is 10.4 Å². The summed E-state index contributed by atoms with van der Waals surface area (Å²) < 4.78 is 24.5. The summed E-state index contributed by atoms with van der Waals surface area (Å²) in [4.78, 5) is 0. The van der Waals surface area contributed by atoms with Crippen LogP contribution in [0, 0.1) is 0 Å². The quantitative estimate of drug-likeness (QED) is 0.450. The number of rotatable bonds is 6. The molecule has 0 rings (SSSR count). The highest BCUT2D eigenvalue weighted by Crippen LogP contribution is 2.09. The van der Waals surface area contributed by atoms with Crippen LogP contribution in [-0.2, 0) is 0 Å². The summed E-state index contributed by atoms with van der Waals surface area (Å²) in [6.45, 7) is 2.33. The van der Waals surface area contributed by atoms with Crippen LogP contribution in [0.4, 0.5) is 8.78 Å². The lowest BCUT2D eigenvalue weighted by Crippen LogP contribution is -2.36. The van der Waals surface area contributed by atoms with Crippen LogP contribution < -0.4 is 5.32 Å². The Morgan fingerprint density at radius 2 is 2.18 bits per heavy atom. The molecule has 66 valence electrons. The average molecular weight is 165 g/mol. The molecule has 0 unspecified atom stereocenters. The van der Waals surface area contributed by atoms with Gasteiger partial charge in [0, 0.05) is 0 Å². The zero-order chi connectivity index (χ0) is 8.74. The van der Waals surface area contributed by atoms with Gasteiger partial charge in [-0.05, 0) is 13.0 Å². The summed E-state index contributed by atoms with van der Waals surface area (Å²) >= 11 is 0. The second-order valence-corrected chi connectivity index (χ2v) is 2.27. The predicted molar refractivity (Wildman–Crippen MR) is 39.7 cm³/mol. The molecule has 0 aliphatic heterocycles. The van der Waals surface area contributed by atoms with E-state index < -0.39 is 19.1 Å². The first-order valence-electron chi connectivity index (χ1n) is 3.42. The third kappa shape index (κ3) is 5.94. The van der Waals surface area contributed by atoms with Gasteiger partial charge in [-0.25, -0.2) is 8.78 Å². The molecule has 0 aromatic heterocycles. The Balaban J connectivity index is 3.29. The van der Waals surface area contributed by atoms with Crippen LogP contribution in [0.5, 0.6) is 0 Å². The molecule has 4 heteroatoms. The van der Waals surface area contributed by atoms with Crippen LogP contribution >= 0.6 is 0 Å². The highest BCUT2D eigenvalue weighted by Gasteiger charge is 2.26. The minimum Gasteiger partial charge on any atom is -0.390 e. The van der Waals surface area contributed by atoms with E-state index in [9.17, 15) is 8.78 Å². The van der Waals surface area contributed by atoms with Crippen LogP contribution in [0.2, 0.25) is 0 Å². The van der Waals surface area contributed by atoms with Gasteiger partial charge in [0.15, 0.2) is 0 Å². The van der Waals surface area contributed by atoms with E-state index in [2.05, 4.69) is 11.9 Å². The molecule has 0 amide bonds. The van der Waals surface area contributed by atoms with E-state index >= 15 is 0 Å². The van der Waals surface area contributed by atoms with Gasteiger partial charge in [-0.3, -0.25) is 0 Å². The molecule has 2 nitrogen and oxygen atoms in total. The molecule has 0 bridgehead atoms. The monoisotopic (exact) mass is 165 g/mol. The molecule has 11 heavy (non-hydrogen) atoms. The lowest BCUT2D eigenvalue weighted by Gasteiger charge is -2.12. The highest BCUT2D eigenvalue weighted by molar-refractivity contribution is 4.71. The van der Waals surface area contributed by atoms with Gasteiger partial charge in [-0.1, -0.05) is 6.08 Å². The first-order valence-corrected chi connectivity index (χ1v) is 3.42. The van der Waals surface area contributed by atoms with E-state index in [1.54, 1.807) is 6.08 Å². The molecular weight excluding hydrogens is 152 g/mol. The van der Waals surface area contributed by atoms with Crippen LogP contribution in [0.25, 0.3) is 0 Å². The fourth-order valence-electron chi connectivity index (χ4n) is 0.531. The molecule has 0 atom stereocenters. The van der Waals surface area contributed by atoms with Gasteiger partial charge in [0.05, 0.1) is 6.54 Å². The Morgan fingerprint density at radius 1 is 1.55 bits per heavy atom. The van der Waals surface area contributed by atoms with E-state index in [0.717, 1.165) is 0 Å². The Morgan fingerprint density at radius 3 is 2.64 bits per heavy atom. The Kier molecular flexibility index (Phi) is 4.98. The standard InChI is InChI=1S/C7H13F2NO/c1-2-3-4-10-5-7(8,9)6-11/h2,10-11H,1,3-6H2. The summed E-state index contributed by atoms with van der Waals surface area (Å²) in [5.74, 6) is -3.00. The molecule has 0 aliphatic rings. The maximum absolute atomic E-state index is 12.2. The molecule has 0 aliphatic carbocycles. The number of halogens is 2. The molecular formula is C7H13F2NO. The van der Waals surface area contributed by atoms with Crippen molar-refractivity contribution >= 4 is 0 Å². The molecule has 0 aromatic rings. The SMILES string of the molecule is C=CCCNCC(F)(F)CO. The van der Waals surface area contributed by atoms with Crippen molar-refractivity contribution in [2.75, 3.05) is 19.7 Å². The van der Waals surface area contributed by atoms with E-state index in [0.29, 0.717) is 13.0 Å². The lowest BCUT2D eigenvalue weighted by atomic mass is 10.3. The summed E-state index contributed by atoms with van der Waals surface area (Å²) in [6, 6.07) is 0. The van der Waals surface area contributed by atoms with Crippen LogP contribution in [-0.4, -0.2) is 30.7 Å². The fraction of sp³-hybridized carbons (Fsp3) is 0.714. The molecule has 0 fully saturated rings. The second kappa shape index (κ2) is 5.21. The number of nitrogens with one attached hydrogen (secondary N) is 1. The number of hydrogen-bond acceptors (Lipinski definition) is 2. The summed E-state index contributed by atoms with van der Waals surface area (Å²) in [6.07, 6.45) is 2.30. The fourth-order valence-corrected chi connectivity index (χ4v) is 0.531. The molecule has 0 spiro atoms. The Bertz CT molecular complexity index is 117.